The van der Waals surface area contributed by atoms with Crippen LogP contribution < -0.4 is 11.1 Å². The Morgan fingerprint density at radius 1 is 1.16 bits per heavy atom. The van der Waals surface area contributed by atoms with Gasteiger partial charge in [-0.25, -0.2) is 9.37 Å². The first-order valence-corrected chi connectivity index (χ1v) is 12.5. The lowest BCUT2D eigenvalue weighted by atomic mass is 9.99. The summed E-state index contributed by atoms with van der Waals surface area (Å²) in [5.41, 5.74) is 12.2. The molecule has 8 heteroatoms. The number of aromatic amines is 1. The van der Waals surface area contributed by atoms with Crippen LogP contribution in [0.1, 0.15) is 57.3 Å². The molecule has 5 N–H and O–H groups in total. The van der Waals surface area contributed by atoms with E-state index in [1.54, 1.807) is 13.2 Å². The molecule has 0 radical (unpaired) electrons. The van der Waals surface area contributed by atoms with Gasteiger partial charge in [-0.3, -0.25) is 4.79 Å². The Balaban J connectivity index is 0.000000260. The van der Waals surface area contributed by atoms with Gasteiger partial charge in [-0.15, -0.1) is 0 Å². The quantitative estimate of drug-likeness (QED) is 0.184. The van der Waals surface area contributed by atoms with Gasteiger partial charge in [0.05, 0.1) is 17.7 Å². The molecule has 0 aliphatic heterocycles. The number of rotatable bonds is 9. The minimum atomic E-state index is -0.491. The normalized spacial score (nSPS) is 10.6. The maximum atomic E-state index is 12.9. The topological polar surface area (TPSA) is 117 Å². The third-order valence-electron chi connectivity index (χ3n) is 6.19. The molecule has 0 spiro atoms. The lowest BCUT2D eigenvalue weighted by molar-refractivity contribution is 0.0998. The third-order valence-corrected chi connectivity index (χ3v) is 6.19. The number of nitrogens with one attached hydrogen (secondary N) is 2. The van der Waals surface area contributed by atoms with Gasteiger partial charge in [0.2, 0.25) is 11.9 Å². The second kappa shape index (κ2) is 12.8. The number of carbonyl (C=O) groups is 1. The molecule has 0 atom stereocenters. The number of hydrogen-bond donors (Lipinski definition) is 4. The summed E-state index contributed by atoms with van der Waals surface area (Å²) in [4.78, 5) is 18.6. The van der Waals surface area contributed by atoms with Crippen LogP contribution in [-0.4, -0.2) is 21.0 Å². The second-order valence-electron chi connectivity index (χ2n) is 9.21. The van der Waals surface area contributed by atoms with Crippen molar-refractivity contribution >= 4 is 11.9 Å². The first kappa shape index (κ1) is 28.2. The molecule has 0 fully saturated rings. The van der Waals surface area contributed by atoms with Crippen molar-refractivity contribution in [3.8, 4) is 11.3 Å². The molecule has 2 heterocycles. The standard InChI is InChI=1S/C20H23N3O2.C10H12FNO/c1-13(24)4-5-16-6-8-18(9-7-16)19-10-17(12-25-19)11-21-20-22-14(2)15(3)23-20;1-3-7-5-8(11)4-6(2)9(7)10(12)13/h6-10,12,24H,1,4-5,11H2,2-3H3,(H2,21,22,23);4-5H,3H2,1-2H3,(H2,12,13). The number of carbonyl (C=O) groups excluding carboxylic acids is 1. The molecule has 200 valence electrons. The summed E-state index contributed by atoms with van der Waals surface area (Å²) < 4.78 is 18.6. The predicted octanol–water partition coefficient (Wildman–Crippen LogP) is 6.70. The smallest absolute Gasteiger partial charge is 0.249 e. The molecule has 38 heavy (non-hydrogen) atoms. The van der Waals surface area contributed by atoms with Crippen LogP contribution in [0.5, 0.6) is 0 Å². The van der Waals surface area contributed by atoms with Crippen molar-refractivity contribution in [1.82, 2.24) is 9.97 Å². The van der Waals surface area contributed by atoms with Crippen LogP contribution in [-0.2, 0) is 19.4 Å². The minimum absolute atomic E-state index is 0.217. The average Bonchev–Trinajstić information content (AvgIpc) is 3.47. The fraction of sp³-hybridized carbons (Fsp3) is 0.267. The number of amides is 1. The Morgan fingerprint density at radius 2 is 1.87 bits per heavy atom. The molecule has 0 saturated carbocycles. The van der Waals surface area contributed by atoms with E-state index in [0.29, 0.717) is 36.1 Å². The summed E-state index contributed by atoms with van der Waals surface area (Å²) in [5.74, 6) is 1.01. The summed E-state index contributed by atoms with van der Waals surface area (Å²) in [6, 6.07) is 12.9. The Kier molecular flexibility index (Phi) is 9.49. The number of nitrogens with zero attached hydrogens (tertiary/aromatic N) is 1. The van der Waals surface area contributed by atoms with Gasteiger partial charge >= 0.3 is 0 Å². The maximum Gasteiger partial charge on any atom is 0.249 e. The highest BCUT2D eigenvalue weighted by Crippen LogP contribution is 2.24. The van der Waals surface area contributed by atoms with E-state index in [-0.39, 0.29) is 11.6 Å². The lowest BCUT2D eigenvalue weighted by Gasteiger charge is -2.07. The van der Waals surface area contributed by atoms with Gasteiger partial charge < -0.3 is 25.6 Å². The number of benzene rings is 2. The minimum Gasteiger partial charge on any atom is -0.513 e. The number of hydrogen-bond acceptors (Lipinski definition) is 5. The van der Waals surface area contributed by atoms with Crippen molar-refractivity contribution in [1.29, 1.82) is 0 Å². The monoisotopic (exact) mass is 518 g/mol. The molecular formula is C30H35FN4O3. The number of anilines is 1. The van der Waals surface area contributed by atoms with E-state index in [0.717, 1.165) is 46.2 Å². The third kappa shape index (κ3) is 7.59. The molecular weight excluding hydrogens is 483 g/mol. The zero-order chi connectivity index (χ0) is 27.8. The van der Waals surface area contributed by atoms with Gasteiger partial charge in [-0.2, -0.15) is 0 Å². The number of nitrogens with two attached hydrogens (primary N) is 1. The highest BCUT2D eigenvalue weighted by Gasteiger charge is 2.11. The average molecular weight is 519 g/mol. The molecule has 4 aromatic rings. The van der Waals surface area contributed by atoms with Gasteiger partial charge in [0.1, 0.15) is 11.6 Å². The number of aliphatic hydroxyl groups is 1. The van der Waals surface area contributed by atoms with Gasteiger partial charge in [0.25, 0.3) is 0 Å². The van der Waals surface area contributed by atoms with Crippen LogP contribution in [0.15, 0.2) is 65.5 Å². The number of aromatic nitrogens is 2. The van der Waals surface area contributed by atoms with Crippen molar-refractivity contribution < 1.29 is 18.7 Å². The van der Waals surface area contributed by atoms with E-state index in [1.807, 2.05) is 51.1 Å². The number of halogens is 1. The van der Waals surface area contributed by atoms with Crippen molar-refractivity contribution in [2.75, 3.05) is 5.32 Å². The Hall–Kier alpha value is -4.33. The zero-order valence-corrected chi connectivity index (χ0v) is 22.3. The van der Waals surface area contributed by atoms with Gasteiger partial charge in [0.15, 0.2) is 0 Å². The van der Waals surface area contributed by atoms with Crippen LogP contribution in [0, 0.1) is 26.6 Å². The molecule has 7 nitrogen and oxygen atoms in total. The highest BCUT2D eigenvalue weighted by atomic mass is 19.1. The van der Waals surface area contributed by atoms with E-state index >= 15 is 0 Å². The molecule has 2 aromatic carbocycles. The van der Waals surface area contributed by atoms with Crippen LogP contribution in [0.25, 0.3) is 11.3 Å². The number of aryl methyl sites for hydroxylation is 5. The number of furan rings is 1. The Labute approximate surface area is 222 Å². The molecule has 1 amide bonds. The van der Waals surface area contributed by atoms with Crippen LogP contribution in [0.4, 0.5) is 10.3 Å². The molecule has 0 bridgehead atoms. The van der Waals surface area contributed by atoms with Gasteiger partial charge in [-0.1, -0.05) is 37.8 Å². The van der Waals surface area contributed by atoms with Gasteiger partial charge in [0, 0.05) is 35.3 Å². The Bertz CT molecular complexity index is 1380. The largest absolute Gasteiger partial charge is 0.513 e. The van der Waals surface area contributed by atoms with Crippen LogP contribution >= 0.6 is 0 Å². The van der Waals surface area contributed by atoms with Gasteiger partial charge in [-0.05, 0) is 68.5 Å². The van der Waals surface area contributed by atoms with E-state index in [4.69, 9.17) is 10.2 Å². The van der Waals surface area contributed by atoms with E-state index in [1.165, 1.54) is 12.1 Å². The Morgan fingerprint density at radius 3 is 2.45 bits per heavy atom. The van der Waals surface area contributed by atoms with Crippen molar-refractivity contribution in [3.05, 3.63) is 106 Å². The fourth-order valence-corrected chi connectivity index (χ4v) is 4.00. The summed E-state index contributed by atoms with van der Waals surface area (Å²) in [5, 5.41) is 12.4. The molecule has 4 rings (SSSR count). The van der Waals surface area contributed by atoms with Crippen LogP contribution in [0.3, 0.4) is 0 Å². The van der Waals surface area contributed by atoms with E-state index in [2.05, 4.69) is 21.9 Å². The van der Waals surface area contributed by atoms with E-state index < -0.39 is 5.91 Å². The molecule has 0 aliphatic carbocycles. The number of primary amides is 1. The molecule has 0 aliphatic rings. The zero-order valence-electron chi connectivity index (χ0n) is 22.3. The fourth-order valence-electron chi connectivity index (χ4n) is 4.00. The number of imidazole rings is 1. The highest BCUT2D eigenvalue weighted by molar-refractivity contribution is 5.95. The van der Waals surface area contributed by atoms with Crippen molar-refractivity contribution in [2.24, 2.45) is 5.73 Å². The molecule has 0 saturated heterocycles. The first-order chi connectivity index (χ1) is 18.1. The predicted molar refractivity (Wildman–Crippen MR) is 149 cm³/mol. The number of allylic oxidation sites excluding steroid dienone is 1. The van der Waals surface area contributed by atoms with Crippen LogP contribution in [0.2, 0.25) is 0 Å². The summed E-state index contributed by atoms with van der Waals surface area (Å²) >= 11 is 0. The summed E-state index contributed by atoms with van der Waals surface area (Å²) in [6.07, 6.45) is 3.73. The van der Waals surface area contributed by atoms with Crippen molar-refractivity contribution in [2.45, 2.75) is 53.5 Å². The molecule has 0 unspecified atom stereocenters. The summed E-state index contributed by atoms with van der Waals surface area (Å²) in [6.45, 7) is 11.7. The number of aliphatic hydroxyl groups excluding tert-OH is 1. The van der Waals surface area contributed by atoms with E-state index in [9.17, 15) is 14.3 Å². The number of H-pyrrole nitrogens is 1. The van der Waals surface area contributed by atoms with Crippen molar-refractivity contribution in [3.63, 3.8) is 0 Å². The molecule has 2 aromatic heterocycles. The summed E-state index contributed by atoms with van der Waals surface area (Å²) in [7, 11) is 0. The second-order valence-corrected chi connectivity index (χ2v) is 9.21. The SMILES string of the molecule is C=C(O)CCc1ccc(-c2cc(CNc3nc(C)c(C)[nH]3)co2)cc1.CCc1cc(F)cc(C)c1C(N)=O. The maximum absolute atomic E-state index is 12.9. The lowest BCUT2D eigenvalue weighted by Crippen LogP contribution is -2.15. The first-order valence-electron chi connectivity index (χ1n) is 12.5.